The Morgan fingerprint density at radius 3 is 2.50 bits per heavy atom. The first kappa shape index (κ1) is 24.2. The second-order valence-corrected chi connectivity index (χ2v) is 9.95. The fourth-order valence-corrected chi connectivity index (χ4v) is 3.98. The van der Waals surface area contributed by atoms with E-state index in [0.29, 0.717) is 0 Å². The second-order valence-electron chi connectivity index (χ2n) is 7.69. The number of sulfone groups is 1. The van der Waals surface area contributed by atoms with Gasteiger partial charge in [0.05, 0.1) is 30.0 Å². The van der Waals surface area contributed by atoms with Crippen molar-refractivity contribution in [2.45, 2.75) is 55.7 Å². The average Bonchev–Trinajstić information content (AvgIpc) is 3.07. The maximum atomic E-state index is 12.5. The normalized spacial score (nSPS) is 30.3. The number of nitrogens with two attached hydrogens (primary N) is 1. The van der Waals surface area contributed by atoms with Gasteiger partial charge in [-0.15, -0.1) is 0 Å². The van der Waals surface area contributed by atoms with Crippen LogP contribution in [0.4, 0.5) is 0 Å². The highest BCUT2D eigenvalue weighted by molar-refractivity contribution is 7.90. The number of rotatable bonds is 8. The summed E-state index contributed by atoms with van der Waals surface area (Å²) in [6.45, 7) is 0.249. The van der Waals surface area contributed by atoms with Crippen molar-refractivity contribution >= 4 is 27.6 Å². The number of hydrogen-bond acceptors (Lipinski definition) is 9. The van der Waals surface area contributed by atoms with Crippen molar-refractivity contribution in [3.05, 3.63) is 11.6 Å². The lowest BCUT2D eigenvalue weighted by atomic mass is 9.89. The first-order chi connectivity index (χ1) is 13.9. The summed E-state index contributed by atoms with van der Waals surface area (Å²) < 4.78 is 22.6. The topological polar surface area (TPSA) is 208 Å². The Morgan fingerprint density at radius 1 is 1.30 bits per heavy atom. The van der Waals surface area contributed by atoms with Crippen molar-refractivity contribution in [3.63, 3.8) is 0 Å². The largest absolute Gasteiger partial charge is 0.392 e. The molecule has 6 atom stereocenters. The van der Waals surface area contributed by atoms with Crippen LogP contribution in [0, 0.1) is 0 Å². The van der Waals surface area contributed by atoms with E-state index in [0.717, 1.165) is 6.26 Å². The van der Waals surface area contributed by atoms with Crippen LogP contribution in [0.2, 0.25) is 0 Å². The van der Waals surface area contributed by atoms with Gasteiger partial charge in [-0.2, -0.15) is 0 Å². The first-order valence-corrected chi connectivity index (χ1v) is 11.5. The Labute approximate surface area is 173 Å². The summed E-state index contributed by atoms with van der Waals surface area (Å²) in [6.07, 6.45) is -1.40. The minimum absolute atomic E-state index is 0.00289. The highest BCUT2D eigenvalue weighted by atomic mass is 32.2. The molecule has 0 bridgehead atoms. The van der Waals surface area contributed by atoms with Gasteiger partial charge in [0.15, 0.2) is 0 Å². The average molecular weight is 448 g/mol. The van der Waals surface area contributed by atoms with E-state index in [1.54, 1.807) is 0 Å². The van der Waals surface area contributed by atoms with Crippen LogP contribution in [0.1, 0.15) is 19.3 Å². The summed E-state index contributed by atoms with van der Waals surface area (Å²) in [7, 11) is -3.38. The summed E-state index contributed by atoms with van der Waals surface area (Å²) >= 11 is 0. The molecule has 2 rings (SSSR count). The maximum absolute atomic E-state index is 12.5. The van der Waals surface area contributed by atoms with Gasteiger partial charge in [0.25, 0.3) is 0 Å². The highest BCUT2D eigenvalue weighted by Crippen LogP contribution is 2.21. The molecule has 0 radical (unpaired) electrons. The van der Waals surface area contributed by atoms with Crippen molar-refractivity contribution in [1.82, 2.24) is 16.0 Å². The van der Waals surface area contributed by atoms with E-state index >= 15 is 0 Å². The smallest absolute Gasteiger partial charge is 0.247 e. The van der Waals surface area contributed by atoms with Gasteiger partial charge in [-0.3, -0.25) is 14.4 Å². The van der Waals surface area contributed by atoms with Crippen molar-refractivity contribution in [2.75, 3.05) is 18.6 Å². The Kier molecular flexibility index (Phi) is 7.93. The number of β-amino-alcohol motifs (C(OH)–C–C–N with tert-alkyl or cyclic N) is 1. The van der Waals surface area contributed by atoms with E-state index in [1.165, 1.54) is 6.08 Å². The minimum Gasteiger partial charge on any atom is -0.392 e. The molecule has 1 fully saturated rings. The Balaban J connectivity index is 2.08. The van der Waals surface area contributed by atoms with Crippen LogP contribution in [0.25, 0.3) is 0 Å². The maximum Gasteiger partial charge on any atom is 0.247 e. The van der Waals surface area contributed by atoms with Crippen LogP contribution in [0.3, 0.4) is 0 Å². The predicted molar refractivity (Wildman–Crippen MR) is 105 cm³/mol. The van der Waals surface area contributed by atoms with Crippen LogP contribution in [0.15, 0.2) is 11.6 Å². The molecule has 2 aliphatic rings. The molecule has 30 heavy (non-hydrogen) atoms. The highest BCUT2D eigenvalue weighted by Gasteiger charge is 2.36. The number of aliphatic hydroxyl groups excluding tert-OH is 3. The molecule has 1 saturated heterocycles. The molecular formula is C17H28N4O8S. The molecule has 0 saturated carbocycles. The van der Waals surface area contributed by atoms with Crippen molar-refractivity contribution in [3.8, 4) is 0 Å². The van der Waals surface area contributed by atoms with Gasteiger partial charge in [0, 0.05) is 24.8 Å². The molecule has 1 aliphatic carbocycles. The quantitative estimate of drug-likeness (QED) is 0.191. The number of aliphatic hydroxyl groups is 3. The molecule has 12 nitrogen and oxygen atoms in total. The summed E-state index contributed by atoms with van der Waals surface area (Å²) in [5.41, 5.74) is 5.23. The number of hydrogen-bond donors (Lipinski definition) is 7. The molecule has 170 valence electrons. The van der Waals surface area contributed by atoms with E-state index < -0.39 is 64.0 Å². The van der Waals surface area contributed by atoms with Gasteiger partial charge < -0.3 is 37.0 Å². The molecule has 1 aliphatic heterocycles. The fraction of sp³-hybridized carbons (Fsp3) is 0.706. The summed E-state index contributed by atoms with van der Waals surface area (Å²) in [5, 5.41) is 37.4. The molecule has 8 N–H and O–H groups in total. The third kappa shape index (κ3) is 6.74. The van der Waals surface area contributed by atoms with E-state index in [1.807, 2.05) is 0 Å². The van der Waals surface area contributed by atoms with Crippen LogP contribution in [-0.2, 0) is 24.2 Å². The zero-order valence-electron chi connectivity index (χ0n) is 16.4. The fourth-order valence-electron chi connectivity index (χ4n) is 3.31. The molecule has 3 amide bonds. The van der Waals surface area contributed by atoms with E-state index in [2.05, 4.69) is 16.0 Å². The molecule has 6 unspecified atom stereocenters. The van der Waals surface area contributed by atoms with E-state index in [4.69, 9.17) is 5.73 Å². The van der Waals surface area contributed by atoms with Gasteiger partial charge in [0.2, 0.25) is 17.7 Å². The van der Waals surface area contributed by atoms with Crippen LogP contribution >= 0.6 is 0 Å². The minimum atomic E-state index is -3.38. The SMILES string of the molecule is CS(=O)(=O)CCC(NC(=O)C1=CC(NC(=O)C2CC(O)CN2)C(O)C(O)C1)C(N)=O. The molecule has 1 heterocycles. The summed E-state index contributed by atoms with van der Waals surface area (Å²) in [4.78, 5) is 36.4. The third-order valence-electron chi connectivity index (χ3n) is 5.02. The van der Waals surface area contributed by atoms with E-state index in [-0.39, 0.29) is 37.1 Å². The number of carbonyl (C=O) groups is 3. The van der Waals surface area contributed by atoms with Gasteiger partial charge >= 0.3 is 0 Å². The number of nitrogens with one attached hydrogen (secondary N) is 3. The molecule has 0 aromatic rings. The first-order valence-electron chi connectivity index (χ1n) is 9.44. The molecule has 0 aromatic carbocycles. The van der Waals surface area contributed by atoms with Crippen molar-refractivity contribution in [2.24, 2.45) is 5.73 Å². The zero-order chi connectivity index (χ0) is 22.6. The molecule has 0 spiro atoms. The lowest BCUT2D eigenvalue weighted by molar-refractivity contribution is -0.126. The lowest BCUT2D eigenvalue weighted by Gasteiger charge is -2.32. The van der Waals surface area contributed by atoms with Gasteiger partial charge in [-0.1, -0.05) is 6.08 Å². The van der Waals surface area contributed by atoms with Gasteiger partial charge in [-0.25, -0.2) is 8.42 Å². The van der Waals surface area contributed by atoms with Crippen molar-refractivity contribution in [1.29, 1.82) is 0 Å². The number of carbonyl (C=O) groups excluding carboxylic acids is 3. The number of amides is 3. The van der Waals surface area contributed by atoms with Crippen LogP contribution in [0.5, 0.6) is 0 Å². The molecule has 13 heteroatoms. The molecular weight excluding hydrogens is 420 g/mol. The second kappa shape index (κ2) is 9.83. The monoisotopic (exact) mass is 448 g/mol. The Hall–Kier alpha value is -2.06. The molecule has 0 aromatic heterocycles. The zero-order valence-corrected chi connectivity index (χ0v) is 17.3. The Morgan fingerprint density at radius 2 is 1.97 bits per heavy atom. The van der Waals surface area contributed by atoms with E-state index in [9.17, 15) is 38.1 Å². The van der Waals surface area contributed by atoms with Gasteiger partial charge in [-0.05, 0) is 12.8 Å². The summed E-state index contributed by atoms with van der Waals surface area (Å²) in [6, 6.07) is -2.99. The van der Waals surface area contributed by atoms with Crippen LogP contribution in [-0.4, -0.2) is 96.4 Å². The third-order valence-corrected chi connectivity index (χ3v) is 6.00. The predicted octanol–water partition coefficient (Wildman–Crippen LogP) is -4.35. The Bertz CT molecular complexity index is 815. The van der Waals surface area contributed by atoms with Crippen molar-refractivity contribution < 1.29 is 38.1 Å². The summed E-state index contributed by atoms with van der Waals surface area (Å²) in [5.74, 6) is -2.56. The van der Waals surface area contributed by atoms with Gasteiger partial charge in [0.1, 0.15) is 22.0 Å². The van der Waals surface area contributed by atoms with Crippen LogP contribution < -0.4 is 21.7 Å². The lowest BCUT2D eigenvalue weighted by Crippen LogP contribution is -2.54. The standard InChI is InChI=1S/C17H28N4O8S/c1-30(28,29)3-2-10(15(18)25)20-16(26)8-4-11(14(24)13(23)5-8)21-17(27)12-6-9(22)7-19-12/h4,9-14,19,22-24H,2-3,5-7H2,1H3,(H2,18,25)(H,20,26)(H,21,27). The number of primary amides is 1.